The maximum Gasteiger partial charge on any atom is 0.222 e. The molecule has 2 atom stereocenters. The van der Waals surface area contributed by atoms with E-state index < -0.39 is 0 Å². The summed E-state index contributed by atoms with van der Waals surface area (Å²) >= 11 is 0. The molecular formula is C17H35N3O. The van der Waals surface area contributed by atoms with E-state index in [1.165, 1.54) is 19.3 Å². The highest BCUT2D eigenvalue weighted by Crippen LogP contribution is 2.18. The van der Waals surface area contributed by atoms with Gasteiger partial charge in [0.15, 0.2) is 0 Å². The van der Waals surface area contributed by atoms with Crippen molar-refractivity contribution in [2.75, 3.05) is 32.7 Å². The van der Waals surface area contributed by atoms with Crippen LogP contribution in [0.3, 0.4) is 0 Å². The van der Waals surface area contributed by atoms with Crippen LogP contribution >= 0.6 is 0 Å². The molecule has 0 aliphatic carbocycles. The Kier molecular flexibility index (Phi) is 8.93. The molecule has 4 heteroatoms. The summed E-state index contributed by atoms with van der Waals surface area (Å²) in [6, 6.07) is 0.640. The van der Waals surface area contributed by atoms with Gasteiger partial charge in [0.25, 0.3) is 0 Å². The topological polar surface area (TPSA) is 49.6 Å². The largest absolute Gasteiger partial charge is 0.340 e. The van der Waals surface area contributed by atoms with Crippen molar-refractivity contribution in [1.82, 2.24) is 9.80 Å². The van der Waals surface area contributed by atoms with E-state index in [-0.39, 0.29) is 0 Å². The van der Waals surface area contributed by atoms with Gasteiger partial charge in [-0.2, -0.15) is 0 Å². The molecule has 0 bridgehead atoms. The maximum atomic E-state index is 12.3. The highest BCUT2D eigenvalue weighted by molar-refractivity contribution is 5.76. The molecular weight excluding hydrogens is 262 g/mol. The number of amides is 1. The van der Waals surface area contributed by atoms with Crippen LogP contribution in [0, 0.1) is 5.92 Å². The standard InChI is InChI=1S/C17H35N3O/c1-4-6-16(9-10-18)7-8-17(21)20-13-11-19(12-14-20)15(3)5-2/h15-16H,4-14,18H2,1-3H3. The molecule has 1 aliphatic heterocycles. The zero-order valence-corrected chi connectivity index (χ0v) is 14.3. The van der Waals surface area contributed by atoms with E-state index in [2.05, 4.69) is 30.6 Å². The van der Waals surface area contributed by atoms with Crippen LogP contribution in [0.5, 0.6) is 0 Å². The molecule has 2 unspecified atom stereocenters. The molecule has 1 saturated heterocycles. The Labute approximate surface area is 131 Å². The second-order valence-corrected chi connectivity index (χ2v) is 6.44. The van der Waals surface area contributed by atoms with E-state index in [1.54, 1.807) is 0 Å². The molecule has 2 N–H and O–H groups in total. The minimum absolute atomic E-state index is 0.344. The Morgan fingerprint density at radius 3 is 2.29 bits per heavy atom. The molecule has 0 aromatic heterocycles. The fraction of sp³-hybridized carbons (Fsp3) is 0.941. The minimum atomic E-state index is 0.344. The third-order valence-corrected chi connectivity index (χ3v) is 4.92. The first-order valence-electron chi connectivity index (χ1n) is 8.84. The molecule has 0 saturated carbocycles. The second-order valence-electron chi connectivity index (χ2n) is 6.44. The van der Waals surface area contributed by atoms with Crippen LogP contribution in [0.15, 0.2) is 0 Å². The number of nitrogens with two attached hydrogens (primary N) is 1. The molecule has 4 nitrogen and oxygen atoms in total. The van der Waals surface area contributed by atoms with E-state index in [0.29, 0.717) is 24.3 Å². The quantitative estimate of drug-likeness (QED) is 0.711. The van der Waals surface area contributed by atoms with Crippen molar-refractivity contribution in [3.8, 4) is 0 Å². The highest BCUT2D eigenvalue weighted by Gasteiger charge is 2.23. The van der Waals surface area contributed by atoms with Gasteiger partial charge < -0.3 is 10.6 Å². The Morgan fingerprint density at radius 2 is 1.76 bits per heavy atom. The van der Waals surface area contributed by atoms with E-state index in [0.717, 1.165) is 45.6 Å². The molecule has 124 valence electrons. The summed E-state index contributed by atoms with van der Waals surface area (Å²) in [5, 5.41) is 0. The summed E-state index contributed by atoms with van der Waals surface area (Å²) in [6.45, 7) is 11.3. The number of piperazine rings is 1. The van der Waals surface area contributed by atoms with Gasteiger partial charge in [-0.15, -0.1) is 0 Å². The molecule has 1 heterocycles. The van der Waals surface area contributed by atoms with Gasteiger partial charge in [0.05, 0.1) is 0 Å². The number of hydrogen-bond acceptors (Lipinski definition) is 3. The van der Waals surface area contributed by atoms with Gasteiger partial charge in [0.2, 0.25) is 5.91 Å². The summed E-state index contributed by atoms with van der Waals surface area (Å²) in [6.07, 6.45) is 6.34. The van der Waals surface area contributed by atoms with Gasteiger partial charge >= 0.3 is 0 Å². The average Bonchev–Trinajstić information content (AvgIpc) is 2.52. The van der Waals surface area contributed by atoms with Crippen molar-refractivity contribution in [2.45, 2.75) is 65.3 Å². The predicted octanol–water partition coefficient (Wildman–Crippen LogP) is 2.47. The fourth-order valence-electron chi connectivity index (χ4n) is 3.23. The molecule has 0 aromatic carbocycles. The fourth-order valence-corrected chi connectivity index (χ4v) is 3.23. The third-order valence-electron chi connectivity index (χ3n) is 4.92. The monoisotopic (exact) mass is 297 g/mol. The van der Waals surface area contributed by atoms with Gasteiger partial charge in [0, 0.05) is 38.6 Å². The lowest BCUT2D eigenvalue weighted by Crippen LogP contribution is -2.51. The number of rotatable bonds is 9. The Hall–Kier alpha value is -0.610. The maximum absolute atomic E-state index is 12.3. The van der Waals surface area contributed by atoms with Crippen molar-refractivity contribution in [1.29, 1.82) is 0 Å². The summed E-state index contributed by atoms with van der Waals surface area (Å²) in [4.78, 5) is 16.9. The van der Waals surface area contributed by atoms with Crippen LogP contribution in [0.2, 0.25) is 0 Å². The molecule has 0 aromatic rings. The first-order chi connectivity index (χ1) is 10.1. The van der Waals surface area contributed by atoms with Crippen LogP contribution in [-0.2, 0) is 4.79 Å². The number of hydrogen-bond donors (Lipinski definition) is 1. The molecule has 1 rings (SSSR count). The van der Waals surface area contributed by atoms with Crippen molar-refractivity contribution in [3.05, 3.63) is 0 Å². The Bertz CT molecular complexity index is 282. The van der Waals surface area contributed by atoms with Crippen molar-refractivity contribution >= 4 is 5.91 Å². The van der Waals surface area contributed by atoms with Gasteiger partial charge in [-0.3, -0.25) is 9.69 Å². The molecule has 1 aliphatic rings. The van der Waals surface area contributed by atoms with Crippen LogP contribution in [-0.4, -0.2) is 54.5 Å². The van der Waals surface area contributed by atoms with Crippen LogP contribution < -0.4 is 5.73 Å². The first-order valence-corrected chi connectivity index (χ1v) is 8.84. The van der Waals surface area contributed by atoms with E-state index in [9.17, 15) is 4.79 Å². The van der Waals surface area contributed by atoms with Gasteiger partial charge in [-0.25, -0.2) is 0 Å². The van der Waals surface area contributed by atoms with Crippen molar-refractivity contribution in [3.63, 3.8) is 0 Å². The zero-order chi connectivity index (χ0) is 15.7. The van der Waals surface area contributed by atoms with E-state index >= 15 is 0 Å². The molecule has 21 heavy (non-hydrogen) atoms. The van der Waals surface area contributed by atoms with E-state index in [1.807, 2.05) is 0 Å². The summed E-state index contributed by atoms with van der Waals surface area (Å²) < 4.78 is 0. The van der Waals surface area contributed by atoms with Gasteiger partial charge in [0.1, 0.15) is 0 Å². The lowest BCUT2D eigenvalue weighted by Gasteiger charge is -2.38. The molecule has 1 amide bonds. The van der Waals surface area contributed by atoms with Crippen LogP contribution in [0.25, 0.3) is 0 Å². The average molecular weight is 297 g/mol. The smallest absolute Gasteiger partial charge is 0.222 e. The Morgan fingerprint density at radius 1 is 1.10 bits per heavy atom. The highest BCUT2D eigenvalue weighted by atomic mass is 16.2. The zero-order valence-electron chi connectivity index (χ0n) is 14.3. The summed E-state index contributed by atoms with van der Waals surface area (Å²) in [5.41, 5.74) is 5.66. The van der Waals surface area contributed by atoms with Crippen LogP contribution in [0.1, 0.15) is 59.3 Å². The normalized spacial score (nSPS) is 19.5. The Balaban J connectivity index is 2.30. The second kappa shape index (κ2) is 10.2. The lowest BCUT2D eigenvalue weighted by atomic mass is 9.94. The van der Waals surface area contributed by atoms with Crippen LogP contribution in [0.4, 0.5) is 0 Å². The molecule has 0 radical (unpaired) electrons. The molecule has 1 fully saturated rings. The van der Waals surface area contributed by atoms with Crippen molar-refractivity contribution < 1.29 is 4.79 Å². The summed E-state index contributed by atoms with van der Waals surface area (Å²) in [5.74, 6) is 0.974. The first kappa shape index (κ1) is 18.4. The number of nitrogens with zero attached hydrogens (tertiary/aromatic N) is 2. The van der Waals surface area contributed by atoms with Gasteiger partial charge in [-0.1, -0.05) is 26.7 Å². The molecule has 0 spiro atoms. The third kappa shape index (κ3) is 6.35. The summed E-state index contributed by atoms with van der Waals surface area (Å²) in [7, 11) is 0. The van der Waals surface area contributed by atoms with E-state index in [4.69, 9.17) is 5.73 Å². The number of carbonyl (C=O) groups is 1. The minimum Gasteiger partial charge on any atom is -0.340 e. The van der Waals surface area contributed by atoms with Gasteiger partial charge in [-0.05, 0) is 38.6 Å². The number of carbonyl (C=O) groups excluding carboxylic acids is 1. The SMILES string of the molecule is CCCC(CCN)CCC(=O)N1CCN(C(C)CC)CC1. The predicted molar refractivity (Wildman–Crippen MR) is 89.2 cm³/mol. The van der Waals surface area contributed by atoms with Crippen molar-refractivity contribution in [2.24, 2.45) is 11.7 Å². The lowest BCUT2D eigenvalue weighted by molar-refractivity contribution is -0.133.